The van der Waals surface area contributed by atoms with E-state index in [1.807, 2.05) is 5.38 Å². The number of nitrogens with one attached hydrogen (secondary N) is 1. The van der Waals surface area contributed by atoms with Crippen molar-refractivity contribution < 1.29 is 13.2 Å². The Morgan fingerprint density at radius 3 is 2.81 bits per heavy atom. The van der Waals surface area contributed by atoms with Crippen molar-refractivity contribution in [1.29, 1.82) is 0 Å². The van der Waals surface area contributed by atoms with Gasteiger partial charge < -0.3 is 5.32 Å². The maximum absolute atomic E-state index is 12.7. The summed E-state index contributed by atoms with van der Waals surface area (Å²) in [6, 6.07) is 5.30. The zero-order chi connectivity index (χ0) is 14.9. The van der Waals surface area contributed by atoms with E-state index < -0.39 is 11.7 Å². The maximum atomic E-state index is 12.7. The first-order valence-corrected chi connectivity index (χ1v) is 7.73. The fraction of sp³-hybridized carbons (Fsp3) is 0.400. The van der Waals surface area contributed by atoms with Crippen LogP contribution >= 0.6 is 11.3 Å². The minimum Gasteiger partial charge on any atom is -0.310 e. The first-order chi connectivity index (χ1) is 10.0. The van der Waals surface area contributed by atoms with Crippen LogP contribution in [0.3, 0.4) is 0 Å². The van der Waals surface area contributed by atoms with Crippen molar-refractivity contribution in [3.63, 3.8) is 0 Å². The zero-order valence-electron chi connectivity index (χ0n) is 11.3. The molecule has 1 aliphatic carbocycles. The molecular weight excluding hydrogens is 297 g/mol. The largest absolute Gasteiger partial charge is 0.416 e. The van der Waals surface area contributed by atoms with E-state index in [1.165, 1.54) is 30.2 Å². The molecule has 1 fully saturated rings. The van der Waals surface area contributed by atoms with Crippen LogP contribution in [-0.4, -0.2) is 11.5 Å². The van der Waals surface area contributed by atoms with Crippen molar-refractivity contribution in [2.75, 3.05) is 6.54 Å². The van der Waals surface area contributed by atoms with Gasteiger partial charge in [-0.3, -0.25) is 0 Å². The molecule has 0 bridgehead atoms. The Kier molecular flexibility index (Phi) is 3.99. The molecule has 1 heterocycles. The van der Waals surface area contributed by atoms with E-state index >= 15 is 0 Å². The number of hydrogen-bond acceptors (Lipinski definition) is 3. The smallest absolute Gasteiger partial charge is 0.310 e. The van der Waals surface area contributed by atoms with E-state index in [1.54, 1.807) is 6.07 Å². The summed E-state index contributed by atoms with van der Waals surface area (Å²) in [5.74, 6) is 0.799. The molecule has 2 aromatic rings. The highest BCUT2D eigenvalue weighted by Gasteiger charge is 2.30. The van der Waals surface area contributed by atoms with Crippen LogP contribution in [0, 0.1) is 5.92 Å². The second-order valence-corrected chi connectivity index (χ2v) is 6.22. The standard InChI is InChI=1S/C15H15F3N2S/c16-15(17,18)12-3-1-2-11(6-12)13-9-21-14(20-13)8-19-7-10-4-5-10/h1-3,6,9-10,19H,4-5,7-8H2. The maximum Gasteiger partial charge on any atom is 0.416 e. The number of aromatic nitrogens is 1. The lowest BCUT2D eigenvalue weighted by Gasteiger charge is -2.07. The Bertz CT molecular complexity index is 617. The normalized spacial score (nSPS) is 15.4. The van der Waals surface area contributed by atoms with Gasteiger partial charge >= 0.3 is 6.18 Å². The van der Waals surface area contributed by atoms with Crippen molar-refractivity contribution in [1.82, 2.24) is 10.3 Å². The van der Waals surface area contributed by atoms with E-state index in [4.69, 9.17) is 0 Å². The summed E-state index contributed by atoms with van der Waals surface area (Å²) in [4.78, 5) is 4.41. The number of rotatable bonds is 5. The van der Waals surface area contributed by atoms with E-state index in [0.717, 1.165) is 29.6 Å². The predicted octanol–water partition coefficient (Wildman–Crippen LogP) is 4.33. The van der Waals surface area contributed by atoms with Gasteiger partial charge in [-0.15, -0.1) is 11.3 Å². The highest BCUT2D eigenvalue weighted by Crippen LogP contribution is 2.32. The Morgan fingerprint density at radius 1 is 1.29 bits per heavy atom. The molecule has 1 aromatic heterocycles. The van der Waals surface area contributed by atoms with E-state index in [2.05, 4.69) is 10.3 Å². The molecule has 3 rings (SSSR count). The fourth-order valence-electron chi connectivity index (χ4n) is 2.08. The second-order valence-electron chi connectivity index (χ2n) is 5.28. The number of alkyl halides is 3. The van der Waals surface area contributed by atoms with Crippen molar-refractivity contribution >= 4 is 11.3 Å². The third kappa shape index (κ3) is 3.83. The molecule has 0 amide bonds. The molecule has 6 heteroatoms. The van der Waals surface area contributed by atoms with Gasteiger partial charge in [0.2, 0.25) is 0 Å². The summed E-state index contributed by atoms with van der Waals surface area (Å²) in [5, 5.41) is 6.05. The lowest BCUT2D eigenvalue weighted by atomic mass is 10.1. The van der Waals surface area contributed by atoms with Gasteiger partial charge in [0.1, 0.15) is 5.01 Å². The van der Waals surface area contributed by atoms with Gasteiger partial charge in [-0.25, -0.2) is 4.98 Å². The van der Waals surface area contributed by atoms with Gasteiger partial charge in [0.05, 0.1) is 11.3 Å². The second kappa shape index (κ2) is 5.77. The molecule has 0 spiro atoms. The molecule has 1 aliphatic rings. The molecule has 112 valence electrons. The van der Waals surface area contributed by atoms with Gasteiger partial charge in [-0.05, 0) is 37.4 Å². The molecule has 1 N–H and O–H groups in total. The van der Waals surface area contributed by atoms with E-state index in [-0.39, 0.29) is 0 Å². The van der Waals surface area contributed by atoms with Gasteiger partial charge in [-0.1, -0.05) is 12.1 Å². The Morgan fingerprint density at radius 2 is 2.10 bits per heavy atom. The highest BCUT2D eigenvalue weighted by molar-refractivity contribution is 7.09. The summed E-state index contributed by atoms with van der Waals surface area (Å²) in [5.41, 5.74) is 0.477. The van der Waals surface area contributed by atoms with Crippen LogP contribution in [0.5, 0.6) is 0 Å². The van der Waals surface area contributed by atoms with Gasteiger partial charge in [-0.2, -0.15) is 13.2 Å². The third-order valence-corrected chi connectivity index (χ3v) is 4.29. The average molecular weight is 312 g/mol. The molecule has 21 heavy (non-hydrogen) atoms. The fourth-order valence-corrected chi connectivity index (χ4v) is 2.86. The van der Waals surface area contributed by atoms with Crippen LogP contribution in [0.4, 0.5) is 13.2 Å². The molecular formula is C15H15F3N2S. The molecule has 0 atom stereocenters. The third-order valence-electron chi connectivity index (χ3n) is 3.44. The van der Waals surface area contributed by atoms with Crippen molar-refractivity contribution in [3.05, 3.63) is 40.2 Å². The van der Waals surface area contributed by atoms with Crippen molar-refractivity contribution in [2.45, 2.75) is 25.6 Å². The Hall–Kier alpha value is -1.40. The quantitative estimate of drug-likeness (QED) is 0.889. The van der Waals surface area contributed by atoms with Crippen LogP contribution in [-0.2, 0) is 12.7 Å². The van der Waals surface area contributed by atoms with Crippen LogP contribution in [0.2, 0.25) is 0 Å². The molecule has 0 radical (unpaired) electrons. The first-order valence-electron chi connectivity index (χ1n) is 6.85. The molecule has 1 aromatic carbocycles. The number of benzene rings is 1. The molecule has 0 unspecified atom stereocenters. The lowest BCUT2D eigenvalue weighted by Crippen LogP contribution is -2.15. The monoisotopic (exact) mass is 312 g/mol. The van der Waals surface area contributed by atoms with Crippen LogP contribution < -0.4 is 5.32 Å². The lowest BCUT2D eigenvalue weighted by molar-refractivity contribution is -0.137. The number of hydrogen-bond donors (Lipinski definition) is 1. The number of nitrogens with zero attached hydrogens (tertiary/aromatic N) is 1. The summed E-state index contributed by atoms with van der Waals surface area (Å²) >= 11 is 1.47. The van der Waals surface area contributed by atoms with Gasteiger partial charge in [0.15, 0.2) is 0 Å². The summed E-state index contributed by atoms with van der Waals surface area (Å²) in [6.07, 6.45) is -1.73. The van der Waals surface area contributed by atoms with Crippen LogP contribution in [0.1, 0.15) is 23.4 Å². The summed E-state index contributed by atoms with van der Waals surface area (Å²) in [6.45, 7) is 1.68. The average Bonchev–Trinajstić information content (AvgIpc) is 3.14. The number of halogens is 3. The van der Waals surface area contributed by atoms with Gasteiger partial charge in [0, 0.05) is 17.5 Å². The topological polar surface area (TPSA) is 24.9 Å². The van der Waals surface area contributed by atoms with Gasteiger partial charge in [0.25, 0.3) is 0 Å². The van der Waals surface area contributed by atoms with Crippen molar-refractivity contribution in [2.24, 2.45) is 5.92 Å². The minimum atomic E-state index is -4.32. The summed E-state index contributed by atoms with van der Waals surface area (Å²) < 4.78 is 38.1. The Balaban J connectivity index is 1.70. The van der Waals surface area contributed by atoms with E-state index in [0.29, 0.717) is 17.8 Å². The highest BCUT2D eigenvalue weighted by atomic mass is 32.1. The molecule has 0 saturated heterocycles. The minimum absolute atomic E-state index is 0.509. The summed E-state index contributed by atoms with van der Waals surface area (Å²) in [7, 11) is 0. The molecule has 0 aliphatic heterocycles. The zero-order valence-corrected chi connectivity index (χ0v) is 12.1. The molecule has 1 saturated carbocycles. The van der Waals surface area contributed by atoms with E-state index in [9.17, 15) is 13.2 Å². The SMILES string of the molecule is FC(F)(F)c1cccc(-c2csc(CNCC3CC3)n2)c1. The van der Waals surface area contributed by atoms with Crippen LogP contribution in [0.25, 0.3) is 11.3 Å². The first kappa shape index (κ1) is 14.5. The van der Waals surface area contributed by atoms with Crippen LogP contribution in [0.15, 0.2) is 29.6 Å². The number of thiazole rings is 1. The predicted molar refractivity (Wildman–Crippen MR) is 77.0 cm³/mol. The molecule has 2 nitrogen and oxygen atoms in total. The Labute approximate surface area is 125 Å². The van der Waals surface area contributed by atoms with Crippen molar-refractivity contribution in [3.8, 4) is 11.3 Å².